The fourth-order valence-corrected chi connectivity index (χ4v) is 0.350. The maximum absolute atomic E-state index is 12.5. The minimum atomic E-state index is -2.66. The summed E-state index contributed by atoms with van der Waals surface area (Å²) in [6, 6.07) is 0. The van der Waals surface area contributed by atoms with Gasteiger partial charge in [0.2, 0.25) is 0 Å². The van der Waals surface area contributed by atoms with Crippen LogP contribution in [0.4, 0.5) is 13.6 Å². The van der Waals surface area contributed by atoms with Gasteiger partial charge in [-0.25, -0.2) is 9.18 Å². The molecule has 0 radical (unpaired) electrons. The van der Waals surface area contributed by atoms with Crippen LogP contribution in [0.15, 0.2) is 0 Å². The van der Waals surface area contributed by atoms with Gasteiger partial charge in [0.15, 0.2) is 6.67 Å². The van der Waals surface area contributed by atoms with Gasteiger partial charge in [0.05, 0.1) is 0 Å². The predicted octanol–water partition coefficient (Wildman–Crippen LogP) is 1.73. The summed E-state index contributed by atoms with van der Waals surface area (Å²) in [6.45, 7) is -0.154. The van der Waals surface area contributed by atoms with Crippen LogP contribution < -0.4 is 0 Å². The molecule has 0 aliphatic rings. The monoisotopic (exact) mass is 154 g/mol. The minimum absolute atomic E-state index is 0.324. The van der Waals surface area contributed by atoms with Crippen molar-refractivity contribution in [3.05, 3.63) is 0 Å². The van der Waals surface area contributed by atoms with Crippen molar-refractivity contribution in [3.8, 4) is 0 Å². The van der Waals surface area contributed by atoms with E-state index >= 15 is 0 Å². The Kier molecular flexibility index (Phi) is 3.05. The van der Waals surface area contributed by atoms with Crippen LogP contribution in [0.2, 0.25) is 0 Å². The zero-order chi connectivity index (χ0) is 8.20. The third-order valence-corrected chi connectivity index (χ3v) is 0.998. The average Bonchev–Trinajstić information content (AvgIpc) is 1.87. The van der Waals surface area contributed by atoms with Crippen LogP contribution in [0.25, 0.3) is 0 Å². The van der Waals surface area contributed by atoms with E-state index in [2.05, 4.69) is 4.74 Å². The molecule has 0 saturated carbocycles. The van der Waals surface area contributed by atoms with Crippen molar-refractivity contribution in [3.63, 3.8) is 0 Å². The summed E-state index contributed by atoms with van der Waals surface area (Å²) in [4.78, 5) is 9.70. The zero-order valence-corrected chi connectivity index (χ0v) is 5.43. The van der Waals surface area contributed by atoms with Gasteiger partial charge in [-0.2, -0.15) is 4.39 Å². The van der Waals surface area contributed by atoms with E-state index in [1.54, 1.807) is 0 Å². The van der Waals surface area contributed by atoms with E-state index < -0.39 is 18.7 Å². The molecule has 10 heavy (non-hydrogen) atoms. The Bertz CT molecular complexity index is 122. The first-order valence-corrected chi connectivity index (χ1v) is 2.71. The molecule has 0 heterocycles. The third kappa shape index (κ3) is 2.61. The van der Waals surface area contributed by atoms with E-state index in [-0.39, 0.29) is 6.42 Å². The first-order chi connectivity index (χ1) is 4.54. The molecular formula is C5H8F2O3. The number of hydrogen-bond donors (Lipinski definition) is 1. The Labute approximate surface area is 56.6 Å². The maximum atomic E-state index is 12.5. The number of carboxylic acid groups (broad SMARTS) is 1. The molecule has 0 amide bonds. The predicted molar refractivity (Wildman–Crippen MR) is 29.2 cm³/mol. The lowest BCUT2D eigenvalue weighted by Gasteiger charge is -2.17. The largest absolute Gasteiger partial charge is 0.508 e. The maximum Gasteiger partial charge on any atom is 0.508 e. The third-order valence-electron chi connectivity index (χ3n) is 0.998. The second-order valence-electron chi connectivity index (χ2n) is 1.74. The fraction of sp³-hybridized carbons (Fsp3) is 0.800. The van der Waals surface area contributed by atoms with Crippen molar-refractivity contribution in [2.75, 3.05) is 6.67 Å². The molecule has 0 bridgehead atoms. The molecule has 1 unspecified atom stereocenters. The van der Waals surface area contributed by atoms with Crippen molar-refractivity contribution in [2.45, 2.75) is 19.2 Å². The first kappa shape index (κ1) is 9.13. The number of alkyl halides is 2. The molecule has 0 aliphatic heterocycles. The summed E-state index contributed by atoms with van der Waals surface area (Å²) in [5.74, 6) is -2.66. The lowest BCUT2D eigenvalue weighted by Crippen LogP contribution is -2.30. The lowest BCUT2D eigenvalue weighted by molar-refractivity contribution is -0.126. The molecule has 5 heteroatoms. The summed E-state index contributed by atoms with van der Waals surface area (Å²) in [5.41, 5.74) is 0. The zero-order valence-electron chi connectivity index (χ0n) is 5.43. The molecule has 0 aromatic carbocycles. The van der Waals surface area contributed by atoms with Gasteiger partial charge in [-0.1, -0.05) is 6.92 Å². The van der Waals surface area contributed by atoms with Crippen molar-refractivity contribution in [1.82, 2.24) is 0 Å². The Morgan fingerprint density at radius 1 is 1.80 bits per heavy atom. The van der Waals surface area contributed by atoms with Gasteiger partial charge in [0.25, 0.3) is 5.85 Å². The minimum Gasteiger partial charge on any atom is -0.450 e. The summed E-state index contributed by atoms with van der Waals surface area (Å²) >= 11 is 0. The summed E-state index contributed by atoms with van der Waals surface area (Å²) < 4.78 is 27.8. The molecule has 0 fully saturated rings. The highest BCUT2D eigenvalue weighted by molar-refractivity contribution is 5.57. The number of rotatable bonds is 3. The van der Waals surface area contributed by atoms with E-state index in [4.69, 9.17) is 5.11 Å². The molecule has 0 rings (SSSR count). The van der Waals surface area contributed by atoms with Gasteiger partial charge in [0, 0.05) is 6.42 Å². The average molecular weight is 154 g/mol. The molecule has 1 N–H and O–H groups in total. The van der Waals surface area contributed by atoms with E-state index in [1.807, 2.05) is 0 Å². The van der Waals surface area contributed by atoms with Gasteiger partial charge >= 0.3 is 6.16 Å². The second kappa shape index (κ2) is 3.34. The quantitative estimate of drug-likeness (QED) is 0.629. The fourth-order valence-electron chi connectivity index (χ4n) is 0.350. The lowest BCUT2D eigenvalue weighted by atomic mass is 10.3. The van der Waals surface area contributed by atoms with Gasteiger partial charge in [-0.15, -0.1) is 0 Å². The molecule has 3 nitrogen and oxygen atoms in total. The van der Waals surface area contributed by atoms with Crippen LogP contribution >= 0.6 is 0 Å². The highest BCUT2D eigenvalue weighted by Gasteiger charge is 2.31. The number of halogens is 2. The van der Waals surface area contributed by atoms with E-state index in [0.717, 1.165) is 0 Å². The van der Waals surface area contributed by atoms with Crippen LogP contribution in [0.1, 0.15) is 13.3 Å². The Hall–Kier alpha value is -0.870. The van der Waals surface area contributed by atoms with Gasteiger partial charge in [-0.05, 0) is 0 Å². The van der Waals surface area contributed by atoms with Crippen LogP contribution in [-0.2, 0) is 4.74 Å². The van der Waals surface area contributed by atoms with Crippen LogP contribution in [0.5, 0.6) is 0 Å². The van der Waals surface area contributed by atoms with Crippen LogP contribution in [0.3, 0.4) is 0 Å². The molecule has 0 spiro atoms. The van der Waals surface area contributed by atoms with Gasteiger partial charge < -0.3 is 9.84 Å². The normalized spacial score (nSPS) is 15.9. The molecule has 0 aromatic rings. The topological polar surface area (TPSA) is 46.5 Å². The smallest absolute Gasteiger partial charge is 0.450 e. The number of hydrogen-bond acceptors (Lipinski definition) is 2. The SMILES string of the molecule is CCC(F)(CF)OC(=O)O. The Morgan fingerprint density at radius 3 is 2.40 bits per heavy atom. The van der Waals surface area contributed by atoms with Crippen molar-refractivity contribution in [1.29, 1.82) is 0 Å². The summed E-state index contributed by atoms with van der Waals surface area (Å²) in [5, 5.41) is 7.88. The molecule has 1 atom stereocenters. The first-order valence-electron chi connectivity index (χ1n) is 2.71. The van der Waals surface area contributed by atoms with Gasteiger partial charge in [0.1, 0.15) is 0 Å². The highest BCUT2D eigenvalue weighted by atomic mass is 19.2. The number of ether oxygens (including phenoxy) is 1. The molecule has 60 valence electrons. The summed E-state index contributed by atoms with van der Waals surface area (Å²) in [7, 11) is 0. The molecule has 0 aliphatic carbocycles. The Balaban J connectivity index is 3.92. The Morgan fingerprint density at radius 2 is 2.30 bits per heavy atom. The standard InChI is InChI=1S/C5H8F2O3/c1-2-5(7,3-6)10-4(8)9/h2-3H2,1H3,(H,8,9). The van der Waals surface area contributed by atoms with Crippen molar-refractivity contribution in [2.24, 2.45) is 0 Å². The van der Waals surface area contributed by atoms with Crippen molar-refractivity contribution < 1.29 is 23.4 Å². The number of carbonyl (C=O) groups is 1. The molecule has 0 saturated heterocycles. The van der Waals surface area contributed by atoms with Crippen LogP contribution in [0, 0.1) is 0 Å². The van der Waals surface area contributed by atoms with Crippen molar-refractivity contribution >= 4 is 6.16 Å². The van der Waals surface area contributed by atoms with Gasteiger partial charge in [-0.3, -0.25) is 0 Å². The van der Waals surface area contributed by atoms with E-state index in [9.17, 15) is 13.6 Å². The second-order valence-corrected chi connectivity index (χ2v) is 1.74. The molecule has 0 aromatic heterocycles. The van der Waals surface area contributed by atoms with Crippen LogP contribution in [-0.4, -0.2) is 23.8 Å². The molecular weight excluding hydrogens is 146 g/mol. The van der Waals surface area contributed by atoms with E-state index in [0.29, 0.717) is 0 Å². The highest BCUT2D eigenvalue weighted by Crippen LogP contribution is 2.18. The summed E-state index contributed by atoms with van der Waals surface area (Å²) in [6.07, 6.45) is -2.13. The van der Waals surface area contributed by atoms with E-state index in [1.165, 1.54) is 6.92 Å².